The number of nitrogens with two attached hydrogens (primary N) is 1. The Balaban J connectivity index is 1.65. The fraction of sp³-hybridized carbons (Fsp3) is 0.667. The largest absolute Gasteiger partial charge is 0.489 e. The van der Waals surface area contributed by atoms with E-state index >= 15 is 0 Å². The van der Waals surface area contributed by atoms with Gasteiger partial charge in [-0.1, -0.05) is 0 Å². The molecule has 5 nitrogen and oxygen atoms in total. The van der Waals surface area contributed by atoms with E-state index in [1.54, 1.807) is 6.20 Å². The van der Waals surface area contributed by atoms with Crippen molar-refractivity contribution in [2.24, 2.45) is 5.73 Å². The molecule has 3 rings (SSSR count). The molecule has 2 aliphatic heterocycles. The summed E-state index contributed by atoms with van der Waals surface area (Å²) in [5.74, 6) is 0.855. The normalized spacial score (nSPS) is 24.6. The summed E-state index contributed by atoms with van der Waals surface area (Å²) >= 11 is 0. The fourth-order valence-corrected chi connectivity index (χ4v) is 2.88. The van der Waals surface area contributed by atoms with E-state index < -0.39 is 0 Å². The minimum Gasteiger partial charge on any atom is -0.489 e. The van der Waals surface area contributed by atoms with Gasteiger partial charge in [-0.05, 0) is 12.8 Å². The molecule has 0 aliphatic carbocycles. The molecule has 0 spiro atoms. The lowest BCUT2D eigenvalue weighted by molar-refractivity contribution is 0.0254. The van der Waals surface area contributed by atoms with E-state index in [0.717, 1.165) is 63.4 Å². The minimum atomic E-state index is 0.254. The van der Waals surface area contributed by atoms with Gasteiger partial charge in [-0.15, -0.1) is 0 Å². The molecule has 2 saturated heterocycles. The number of hydrogen-bond acceptors (Lipinski definition) is 5. The van der Waals surface area contributed by atoms with Gasteiger partial charge in [-0.25, -0.2) is 0 Å². The number of rotatable bonds is 3. The molecule has 0 radical (unpaired) electrons. The van der Waals surface area contributed by atoms with Gasteiger partial charge in [-0.2, -0.15) is 0 Å². The number of aromatic nitrogens is 1. The van der Waals surface area contributed by atoms with Gasteiger partial charge in [0.2, 0.25) is 0 Å². The number of piperidine rings is 1. The van der Waals surface area contributed by atoms with Crippen LogP contribution in [0.5, 0.6) is 5.75 Å². The molecule has 0 amide bonds. The Morgan fingerprint density at radius 2 is 2.10 bits per heavy atom. The van der Waals surface area contributed by atoms with Crippen molar-refractivity contribution in [3.8, 4) is 5.75 Å². The summed E-state index contributed by atoms with van der Waals surface area (Å²) in [6.07, 6.45) is 8.12. The van der Waals surface area contributed by atoms with Gasteiger partial charge in [0, 0.05) is 38.0 Å². The van der Waals surface area contributed by atoms with Crippen molar-refractivity contribution >= 4 is 5.69 Å². The van der Waals surface area contributed by atoms with E-state index in [0.29, 0.717) is 0 Å². The maximum Gasteiger partial charge on any atom is 0.140 e. The van der Waals surface area contributed by atoms with Gasteiger partial charge in [0.25, 0.3) is 0 Å². The lowest BCUT2D eigenvalue weighted by Crippen LogP contribution is -2.42. The Kier molecular flexibility index (Phi) is 4.38. The smallest absolute Gasteiger partial charge is 0.140 e. The minimum absolute atomic E-state index is 0.254. The molecule has 1 aromatic heterocycles. The lowest BCUT2D eigenvalue weighted by atomic mass is 10.1. The van der Waals surface area contributed by atoms with Gasteiger partial charge < -0.3 is 20.1 Å². The molecular formula is C15H23N3O2. The van der Waals surface area contributed by atoms with Gasteiger partial charge in [-0.3, -0.25) is 4.98 Å². The standard InChI is InChI=1S/C15H23N3O2/c16-12-2-1-5-18(11-12)13-8-15(10-17-9-13)20-14-3-6-19-7-4-14/h8-10,12,14H,1-7,11,16H2. The maximum atomic E-state index is 6.04. The number of ether oxygens (including phenoxy) is 2. The highest BCUT2D eigenvalue weighted by Gasteiger charge is 2.19. The summed E-state index contributed by atoms with van der Waals surface area (Å²) in [5.41, 5.74) is 7.16. The Morgan fingerprint density at radius 3 is 2.90 bits per heavy atom. The zero-order valence-corrected chi connectivity index (χ0v) is 11.8. The molecule has 1 unspecified atom stereocenters. The summed E-state index contributed by atoms with van der Waals surface area (Å²) in [6, 6.07) is 2.35. The van der Waals surface area contributed by atoms with Crippen LogP contribution in [0.4, 0.5) is 5.69 Å². The molecule has 2 aliphatic rings. The summed E-state index contributed by atoms with van der Waals surface area (Å²) in [6.45, 7) is 3.54. The molecule has 0 bridgehead atoms. The summed E-state index contributed by atoms with van der Waals surface area (Å²) in [7, 11) is 0. The summed E-state index contributed by atoms with van der Waals surface area (Å²) in [5, 5.41) is 0. The predicted molar refractivity (Wildman–Crippen MR) is 78.1 cm³/mol. The Labute approximate surface area is 120 Å². The molecule has 1 aromatic rings. The average molecular weight is 277 g/mol. The number of anilines is 1. The first-order chi connectivity index (χ1) is 9.81. The second-order valence-electron chi connectivity index (χ2n) is 5.66. The van der Waals surface area contributed by atoms with Crippen LogP contribution >= 0.6 is 0 Å². The van der Waals surface area contributed by atoms with Crippen LogP contribution in [0.1, 0.15) is 25.7 Å². The SMILES string of the molecule is NC1CCCN(c2cncc(OC3CCOCC3)c2)C1. The highest BCUT2D eigenvalue weighted by molar-refractivity contribution is 5.48. The van der Waals surface area contributed by atoms with E-state index in [1.807, 2.05) is 6.20 Å². The monoisotopic (exact) mass is 277 g/mol. The highest BCUT2D eigenvalue weighted by Crippen LogP contribution is 2.24. The highest BCUT2D eigenvalue weighted by atomic mass is 16.5. The van der Waals surface area contributed by atoms with Crippen LogP contribution in [0.2, 0.25) is 0 Å². The molecule has 5 heteroatoms. The van der Waals surface area contributed by atoms with E-state index in [1.165, 1.54) is 0 Å². The third kappa shape index (κ3) is 3.41. The molecule has 20 heavy (non-hydrogen) atoms. The molecule has 2 fully saturated rings. The topological polar surface area (TPSA) is 60.6 Å². The molecule has 0 saturated carbocycles. The molecular weight excluding hydrogens is 254 g/mol. The first kappa shape index (κ1) is 13.6. The van der Waals surface area contributed by atoms with Crippen molar-refractivity contribution in [1.29, 1.82) is 0 Å². The quantitative estimate of drug-likeness (QED) is 0.908. The van der Waals surface area contributed by atoms with Gasteiger partial charge in [0.15, 0.2) is 0 Å². The molecule has 3 heterocycles. The number of hydrogen-bond donors (Lipinski definition) is 1. The van der Waals surface area contributed by atoms with Crippen LogP contribution in [-0.2, 0) is 4.74 Å². The molecule has 110 valence electrons. The van der Waals surface area contributed by atoms with Gasteiger partial charge in [0.05, 0.1) is 31.3 Å². The van der Waals surface area contributed by atoms with Crippen molar-refractivity contribution in [3.63, 3.8) is 0 Å². The third-order valence-corrected chi connectivity index (χ3v) is 3.99. The van der Waals surface area contributed by atoms with Gasteiger partial charge in [0.1, 0.15) is 11.9 Å². The first-order valence-corrected chi connectivity index (χ1v) is 7.51. The van der Waals surface area contributed by atoms with Crippen molar-refractivity contribution in [3.05, 3.63) is 18.5 Å². The maximum absolute atomic E-state index is 6.04. The Hall–Kier alpha value is -1.33. The van der Waals surface area contributed by atoms with Crippen LogP contribution in [0, 0.1) is 0 Å². The fourth-order valence-electron chi connectivity index (χ4n) is 2.88. The van der Waals surface area contributed by atoms with Crippen LogP contribution in [0.15, 0.2) is 18.5 Å². The van der Waals surface area contributed by atoms with Crippen molar-refractivity contribution in [2.45, 2.75) is 37.8 Å². The number of pyridine rings is 1. The first-order valence-electron chi connectivity index (χ1n) is 7.51. The van der Waals surface area contributed by atoms with Crippen molar-refractivity contribution in [2.75, 3.05) is 31.2 Å². The third-order valence-electron chi connectivity index (χ3n) is 3.99. The lowest BCUT2D eigenvalue weighted by Gasteiger charge is -2.32. The van der Waals surface area contributed by atoms with Gasteiger partial charge >= 0.3 is 0 Å². The predicted octanol–water partition coefficient (Wildman–Crippen LogP) is 1.57. The van der Waals surface area contributed by atoms with Crippen molar-refractivity contribution < 1.29 is 9.47 Å². The van der Waals surface area contributed by atoms with Crippen LogP contribution in [-0.4, -0.2) is 43.4 Å². The zero-order valence-electron chi connectivity index (χ0n) is 11.8. The molecule has 1 atom stereocenters. The summed E-state index contributed by atoms with van der Waals surface area (Å²) < 4.78 is 11.4. The molecule has 0 aromatic carbocycles. The van der Waals surface area contributed by atoms with E-state index in [2.05, 4.69) is 16.0 Å². The second kappa shape index (κ2) is 6.41. The average Bonchev–Trinajstić information content (AvgIpc) is 2.49. The van der Waals surface area contributed by atoms with Crippen LogP contribution in [0.25, 0.3) is 0 Å². The Morgan fingerprint density at radius 1 is 1.25 bits per heavy atom. The molecule has 2 N–H and O–H groups in total. The van der Waals surface area contributed by atoms with E-state index in [9.17, 15) is 0 Å². The Bertz CT molecular complexity index is 435. The van der Waals surface area contributed by atoms with Crippen molar-refractivity contribution in [1.82, 2.24) is 4.98 Å². The van der Waals surface area contributed by atoms with Crippen LogP contribution in [0.3, 0.4) is 0 Å². The number of nitrogens with zero attached hydrogens (tertiary/aromatic N) is 2. The second-order valence-corrected chi connectivity index (χ2v) is 5.66. The summed E-state index contributed by atoms with van der Waals surface area (Å²) in [4.78, 5) is 6.62. The van der Waals surface area contributed by atoms with E-state index in [-0.39, 0.29) is 12.1 Å². The zero-order chi connectivity index (χ0) is 13.8. The van der Waals surface area contributed by atoms with E-state index in [4.69, 9.17) is 15.2 Å². The van der Waals surface area contributed by atoms with Crippen LogP contribution < -0.4 is 15.4 Å².